The molecule has 4 heteroatoms. The van der Waals surface area contributed by atoms with Gasteiger partial charge in [-0.2, -0.15) is 0 Å². The van der Waals surface area contributed by atoms with Crippen LogP contribution in [0, 0.1) is 0 Å². The molecule has 1 amide bonds. The molecule has 0 saturated carbocycles. The number of nitrogens with one attached hydrogen (secondary N) is 2. The van der Waals surface area contributed by atoms with Crippen molar-refractivity contribution in [2.24, 2.45) is 0 Å². The maximum absolute atomic E-state index is 12.3. The third-order valence-corrected chi connectivity index (χ3v) is 3.79. The quantitative estimate of drug-likeness (QED) is 0.892. The van der Waals surface area contributed by atoms with Gasteiger partial charge in [0.25, 0.3) is 0 Å². The van der Waals surface area contributed by atoms with Crippen molar-refractivity contribution in [1.82, 2.24) is 5.32 Å². The van der Waals surface area contributed by atoms with E-state index < -0.39 is 0 Å². The first-order valence-corrected chi connectivity index (χ1v) is 7.55. The van der Waals surface area contributed by atoms with E-state index in [-0.39, 0.29) is 17.9 Å². The molecule has 2 N–H and O–H groups in total. The highest BCUT2D eigenvalue weighted by Crippen LogP contribution is 2.33. The summed E-state index contributed by atoms with van der Waals surface area (Å²) in [5.41, 5.74) is 2.03. The molecule has 0 spiro atoms. The number of carbonyl (C=O) groups is 1. The number of benzene rings is 2. The molecule has 0 aliphatic carbocycles. The van der Waals surface area contributed by atoms with Crippen molar-refractivity contribution in [1.29, 1.82) is 0 Å². The maximum Gasteiger partial charge on any atom is 0.231 e. The number of hydrogen-bond donors (Lipinski definition) is 2. The summed E-state index contributed by atoms with van der Waals surface area (Å²) < 4.78 is 5.56. The SMILES string of the molecule is C[C@@H](CNC(=O)[C@@H]1COc2ccccc21)Nc1ccccc1. The molecule has 22 heavy (non-hydrogen) atoms. The van der Waals surface area contributed by atoms with Crippen LogP contribution >= 0.6 is 0 Å². The van der Waals surface area contributed by atoms with E-state index in [1.807, 2.05) is 61.5 Å². The summed E-state index contributed by atoms with van der Waals surface area (Å²) in [6.07, 6.45) is 0. The lowest BCUT2D eigenvalue weighted by Gasteiger charge is -2.17. The molecule has 4 nitrogen and oxygen atoms in total. The zero-order chi connectivity index (χ0) is 15.4. The smallest absolute Gasteiger partial charge is 0.231 e. The van der Waals surface area contributed by atoms with Gasteiger partial charge in [0.1, 0.15) is 18.3 Å². The van der Waals surface area contributed by atoms with Crippen LogP contribution in [0.3, 0.4) is 0 Å². The van der Waals surface area contributed by atoms with Gasteiger partial charge in [-0.3, -0.25) is 4.79 Å². The molecule has 0 aromatic heterocycles. The molecule has 0 fully saturated rings. The van der Waals surface area contributed by atoms with E-state index in [1.165, 1.54) is 0 Å². The normalized spacial score (nSPS) is 17.2. The first kappa shape index (κ1) is 14.4. The highest BCUT2D eigenvalue weighted by Gasteiger charge is 2.29. The number of para-hydroxylation sites is 2. The summed E-state index contributed by atoms with van der Waals surface area (Å²) in [5, 5.41) is 6.37. The summed E-state index contributed by atoms with van der Waals surface area (Å²) in [6.45, 7) is 3.05. The summed E-state index contributed by atoms with van der Waals surface area (Å²) in [6, 6.07) is 17.9. The highest BCUT2D eigenvalue weighted by atomic mass is 16.5. The van der Waals surface area contributed by atoms with E-state index in [0.29, 0.717) is 13.2 Å². The van der Waals surface area contributed by atoms with Gasteiger partial charge in [0.2, 0.25) is 5.91 Å². The molecule has 3 rings (SSSR count). The van der Waals surface area contributed by atoms with Gasteiger partial charge < -0.3 is 15.4 Å². The second kappa shape index (κ2) is 6.52. The lowest BCUT2D eigenvalue weighted by atomic mass is 10.0. The van der Waals surface area contributed by atoms with Crippen molar-refractivity contribution in [2.45, 2.75) is 18.9 Å². The topological polar surface area (TPSA) is 50.4 Å². The monoisotopic (exact) mass is 296 g/mol. The minimum atomic E-state index is -0.208. The van der Waals surface area contributed by atoms with Gasteiger partial charge in [-0.1, -0.05) is 36.4 Å². The number of amides is 1. The largest absolute Gasteiger partial charge is 0.492 e. The first-order chi connectivity index (χ1) is 10.7. The van der Waals surface area contributed by atoms with Crippen LogP contribution in [-0.4, -0.2) is 25.1 Å². The number of ether oxygens (including phenoxy) is 1. The van der Waals surface area contributed by atoms with Gasteiger partial charge in [-0.05, 0) is 25.1 Å². The van der Waals surface area contributed by atoms with Crippen LogP contribution in [0.1, 0.15) is 18.4 Å². The Labute approximate surface area is 130 Å². The molecule has 1 aliphatic heterocycles. The van der Waals surface area contributed by atoms with Crippen LogP contribution in [0.2, 0.25) is 0 Å². The molecule has 0 unspecified atom stereocenters. The Hall–Kier alpha value is -2.49. The second-order valence-electron chi connectivity index (χ2n) is 5.56. The maximum atomic E-state index is 12.3. The number of hydrogen-bond acceptors (Lipinski definition) is 3. The Kier molecular flexibility index (Phi) is 4.28. The van der Waals surface area contributed by atoms with Gasteiger partial charge in [-0.15, -0.1) is 0 Å². The molecule has 0 radical (unpaired) electrons. The first-order valence-electron chi connectivity index (χ1n) is 7.55. The van der Waals surface area contributed by atoms with Gasteiger partial charge in [0.15, 0.2) is 0 Å². The minimum Gasteiger partial charge on any atom is -0.492 e. The van der Waals surface area contributed by atoms with Gasteiger partial charge in [0, 0.05) is 23.8 Å². The Morgan fingerprint density at radius 1 is 1.18 bits per heavy atom. The average molecular weight is 296 g/mol. The Balaban J connectivity index is 1.53. The van der Waals surface area contributed by atoms with Gasteiger partial charge >= 0.3 is 0 Å². The third kappa shape index (κ3) is 3.22. The van der Waals surface area contributed by atoms with Crippen molar-refractivity contribution in [3.05, 3.63) is 60.2 Å². The van der Waals surface area contributed by atoms with Crippen LogP contribution in [0.4, 0.5) is 5.69 Å². The van der Waals surface area contributed by atoms with E-state index in [4.69, 9.17) is 4.74 Å². The van der Waals surface area contributed by atoms with Gasteiger partial charge in [-0.25, -0.2) is 0 Å². The molecule has 114 valence electrons. The van der Waals surface area contributed by atoms with Crippen LogP contribution < -0.4 is 15.4 Å². The lowest BCUT2D eigenvalue weighted by Crippen LogP contribution is -2.37. The molecular formula is C18H20N2O2. The van der Waals surface area contributed by atoms with E-state index in [0.717, 1.165) is 17.0 Å². The standard InChI is InChI=1S/C18H20N2O2/c1-13(20-14-7-3-2-4-8-14)11-19-18(21)16-12-22-17-10-6-5-9-15(16)17/h2-10,13,16,20H,11-12H2,1H3,(H,19,21)/t13-,16+/m0/s1. The van der Waals surface area contributed by atoms with Crippen LogP contribution in [0.5, 0.6) is 5.75 Å². The molecule has 0 bridgehead atoms. The fraction of sp³-hybridized carbons (Fsp3) is 0.278. The minimum absolute atomic E-state index is 0.0201. The zero-order valence-electron chi connectivity index (χ0n) is 12.6. The van der Waals surface area contributed by atoms with Crippen molar-refractivity contribution in [3.8, 4) is 5.75 Å². The fourth-order valence-electron chi connectivity index (χ4n) is 2.63. The number of anilines is 1. The Morgan fingerprint density at radius 2 is 1.91 bits per heavy atom. The molecule has 2 aromatic carbocycles. The average Bonchev–Trinajstić information content (AvgIpc) is 2.98. The molecule has 1 aliphatic rings. The summed E-state index contributed by atoms with van der Waals surface area (Å²) >= 11 is 0. The third-order valence-electron chi connectivity index (χ3n) is 3.79. The molecule has 1 heterocycles. The van der Waals surface area contributed by atoms with Crippen molar-refractivity contribution in [3.63, 3.8) is 0 Å². The van der Waals surface area contributed by atoms with E-state index >= 15 is 0 Å². The molecular weight excluding hydrogens is 276 g/mol. The van der Waals surface area contributed by atoms with Crippen molar-refractivity contribution < 1.29 is 9.53 Å². The van der Waals surface area contributed by atoms with E-state index in [9.17, 15) is 4.79 Å². The van der Waals surface area contributed by atoms with Crippen molar-refractivity contribution >= 4 is 11.6 Å². The Morgan fingerprint density at radius 3 is 2.73 bits per heavy atom. The zero-order valence-corrected chi connectivity index (χ0v) is 12.6. The molecule has 2 atom stereocenters. The van der Waals surface area contributed by atoms with Crippen LogP contribution in [0.25, 0.3) is 0 Å². The van der Waals surface area contributed by atoms with Crippen LogP contribution in [-0.2, 0) is 4.79 Å². The predicted molar refractivity (Wildman–Crippen MR) is 87.2 cm³/mol. The highest BCUT2D eigenvalue weighted by molar-refractivity contribution is 5.85. The summed E-state index contributed by atoms with van der Waals surface area (Å²) in [4.78, 5) is 12.3. The fourth-order valence-corrected chi connectivity index (χ4v) is 2.63. The van der Waals surface area contributed by atoms with E-state index in [2.05, 4.69) is 10.6 Å². The predicted octanol–water partition coefficient (Wildman–Crippen LogP) is 2.78. The summed E-state index contributed by atoms with van der Waals surface area (Å²) in [5.74, 6) is 0.630. The van der Waals surface area contributed by atoms with Crippen LogP contribution in [0.15, 0.2) is 54.6 Å². The summed E-state index contributed by atoms with van der Waals surface area (Å²) in [7, 11) is 0. The molecule has 2 aromatic rings. The lowest BCUT2D eigenvalue weighted by molar-refractivity contribution is -0.122. The number of rotatable bonds is 5. The van der Waals surface area contributed by atoms with E-state index in [1.54, 1.807) is 0 Å². The second-order valence-corrected chi connectivity index (χ2v) is 5.56. The number of fused-ring (bicyclic) bond motifs is 1. The molecule has 0 saturated heterocycles. The Bertz CT molecular complexity index is 643. The number of carbonyl (C=O) groups excluding carboxylic acids is 1. The van der Waals surface area contributed by atoms with Gasteiger partial charge in [0.05, 0.1) is 0 Å². The van der Waals surface area contributed by atoms with Crippen molar-refractivity contribution in [2.75, 3.05) is 18.5 Å².